The van der Waals surface area contributed by atoms with Crippen molar-refractivity contribution in [1.29, 1.82) is 1.43 Å². The molecular weight excluding hydrogens is 136 g/mol. The van der Waals surface area contributed by atoms with E-state index in [9.17, 15) is 0 Å². The molecule has 1 aromatic rings. The van der Waals surface area contributed by atoms with Gasteiger partial charge in [-0.3, -0.25) is 0 Å². The molecule has 58 valence electrons. The Morgan fingerprint density at radius 2 is 2.27 bits per heavy atom. The molecule has 0 aliphatic carbocycles. The van der Waals surface area contributed by atoms with E-state index in [4.69, 9.17) is 1.43 Å². The molecule has 0 amide bonds. The second-order valence-corrected chi connectivity index (χ2v) is 2.42. The van der Waals surface area contributed by atoms with Crippen molar-refractivity contribution in [2.24, 2.45) is 0 Å². The maximum absolute atomic E-state index is 6.85. The van der Waals surface area contributed by atoms with Gasteiger partial charge >= 0.3 is 0 Å². The number of hydrogen-bond acceptors (Lipinski definition) is 1. The van der Waals surface area contributed by atoms with Crippen molar-refractivity contribution in [2.45, 2.75) is 12.5 Å². The third-order valence-corrected chi connectivity index (χ3v) is 1.55. The zero-order valence-electron chi connectivity index (χ0n) is 7.36. The van der Waals surface area contributed by atoms with Crippen LogP contribution in [0.15, 0.2) is 43.0 Å². The third kappa shape index (κ3) is 2.20. The Labute approximate surface area is 68.5 Å². The second kappa shape index (κ2) is 3.94. The second-order valence-electron chi connectivity index (χ2n) is 2.42. The molecule has 0 fully saturated rings. The average Bonchev–Trinajstić information content (AvgIpc) is 2.15. The van der Waals surface area contributed by atoms with Gasteiger partial charge < -0.3 is 5.11 Å². The van der Waals surface area contributed by atoms with Crippen molar-refractivity contribution in [3.63, 3.8) is 0 Å². The molecule has 0 aliphatic rings. The quantitative estimate of drug-likeness (QED) is 0.651. The van der Waals surface area contributed by atoms with Crippen molar-refractivity contribution in [1.82, 2.24) is 0 Å². The first-order valence-electron chi connectivity index (χ1n) is 4.07. The number of benzene rings is 1. The molecule has 0 heterocycles. The van der Waals surface area contributed by atoms with E-state index in [0.717, 1.165) is 5.56 Å². The Kier molecular flexibility index (Phi) is 2.37. The van der Waals surface area contributed by atoms with Gasteiger partial charge in [-0.05, 0) is 12.0 Å². The van der Waals surface area contributed by atoms with Crippen LogP contribution >= 0.6 is 0 Å². The first kappa shape index (κ1) is 6.62. The van der Waals surface area contributed by atoms with Crippen molar-refractivity contribution in [3.8, 4) is 0 Å². The summed E-state index contributed by atoms with van der Waals surface area (Å²) in [4.78, 5) is 0. The highest BCUT2D eigenvalue weighted by Gasteiger charge is 2.02. The van der Waals surface area contributed by atoms with Crippen LogP contribution in [-0.2, 0) is 0 Å². The van der Waals surface area contributed by atoms with Crippen LogP contribution in [0.4, 0.5) is 0 Å². The summed E-state index contributed by atoms with van der Waals surface area (Å²) in [7, 11) is 0. The lowest BCUT2D eigenvalue weighted by atomic mass is 10.1. The normalized spacial score (nSPS) is 13.6. The van der Waals surface area contributed by atoms with E-state index in [1.165, 1.54) is 0 Å². The summed E-state index contributed by atoms with van der Waals surface area (Å²) in [6.07, 6.45) is 2.25. The van der Waals surface area contributed by atoms with E-state index >= 15 is 0 Å². The molecule has 0 saturated heterocycles. The summed E-state index contributed by atoms with van der Waals surface area (Å²) in [5.41, 5.74) is 1.02. The molecule has 1 atom stereocenters. The number of rotatable bonds is 4. The molecule has 0 aromatic heterocycles. The molecule has 1 N–H and O–H groups in total. The van der Waals surface area contributed by atoms with E-state index in [1.54, 1.807) is 6.08 Å². The third-order valence-electron chi connectivity index (χ3n) is 1.55. The van der Waals surface area contributed by atoms with Crippen LogP contribution in [0.25, 0.3) is 0 Å². The first-order valence-corrected chi connectivity index (χ1v) is 3.66. The molecule has 11 heavy (non-hydrogen) atoms. The molecule has 1 unspecified atom stereocenters. The minimum absolute atomic E-state index is 0.177. The van der Waals surface area contributed by atoms with E-state index in [0.29, 0.717) is 6.42 Å². The van der Waals surface area contributed by atoms with E-state index in [2.05, 4.69) is 11.7 Å². The predicted octanol–water partition coefficient (Wildman–Crippen LogP) is 2.30. The summed E-state index contributed by atoms with van der Waals surface area (Å²) in [6.45, 7) is 3.61. The first-order chi connectivity index (χ1) is 5.88. The van der Waals surface area contributed by atoms with E-state index in [1.807, 2.05) is 30.3 Å². The SMILES string of the molecule is [2H]OC(CC=C)c1ccccc1. The fourth-order valence-electron chi connectivity index (χ4n) is 0.955. The molecule has 1 rings (SSSR count). The monoisotopic (exact) mass is 149 g/mol. The van der Waals surface area contributed by atoms with Crippen LogP contribution in [-0.4, -0.2) is 6.54 Å². The summed E-state index contributed by atoms with van der Waals surface area (Å²) in [5, 5.41) is 4.56. The summed E-state index contributed by atoms with van der Waals surface area (Å²) >= 11 is 0. The highest BCUT2D eigenvalue weighted by atomic mass is 16.3. The lowest BCUT2D eigenvalue weighted by Gasteiger charge is -2.06. The zero-order chi connectivity index (χ0) is 8.81. The Bertz CT molecular complexity index is 233. The fourth-order valence-corrected chi connectivity index (χ4v) is 0.955. The van der Waals surface area contributed by atoms with Gasteiger partial charge in [-0.15, -0.1) is 6.58 Å². The van der Waals surface area contributed by atoms with Crippen molar-refractivity contribution in [2.75, 3.05) is 0 Å². The molecule has 0 aliphatic heterocycles. The largest absolute Gasteiger partial charge is 0.388 e. The topological polar surface area (TPSA) is 20.2 Å². The zero-order valence-corrected chi connectivity index (χ0v) is 6.36. The minimum Gasteiger partial charge on any atom is -0.388 e. The lowest BCUT2D eigenvalue weighted by Crippen LogP contribution is -1.93. The van der Waals surface area contributed by atoms with Crippen molar-refractivity contribution >= 4 is 0 Å². The predicted molar refractivity (Wildman–Crippen MR) is 46.2 cm³/mol. The minimum atomic E-state index is -0.177. The van der Waals surface area contributed by atoms with Gasteiger partial charge in [0.15, 0.2) is 0 Å². The van der Waals surface area contributed by atoms with Crippen LogP contribution in [0.1, 0.15) is 18.1 Å². The molecule has 0 bridgehead atoms. The molecule has 0 radical (unpaired) electrons. The number of hydrogen-bond donors (Lipinski definition) is 1. The Morgan fingerprint density at radius 1 is 1.55 bits per heavy atom. The van der Waals surface area contributed by atoms with Gasteiger partial charge in [-0.25, -0.2) is 0 Å². The van der Waals surface area contributed by atoms with Gasteiger partial charge in [0, 0.05) is 0 Å². The average molecular weight is 149 g/mol. The van der Waals surface area contributed by atoms with Gasteiger partial charge in [0.2, 0.25) is 1.43 Å². The molecule has 1 aromatic carbocycles. The van der Waals surface area contributed by atoms with Gasteiger partial charge in [-0.2, -0.15) is 0 Å². The van der Waals surface area contributed by atoms with Crippen molar-refractivity contribution < 1.29 is 5.11 Å². The van der Waals surface area contributed by atoms with Crippen LogP contribution in [0.3, 0.4) is 0 Å². The van der Waals surface area contributed by atoms with Gasteiger partial charge in [0.1, 0.15) is 0 Å². The Balaban J connectivity index is 2.72. The number of aliphatic hydroxyl groups excluding tert-OH is 1. The van der Waals surface area contributed by atoms with E-state index < -0.39 is 0 Å². The highest BCUT2D eigenvalue weighted by molar-refractivity contribution is 5.17. The van der Waals surface area contributed by atoms with E-state index in [-0.39, 0.29) is 6.10 Å². The highest BCUT2D eigenvalue weighted by Crippen LogP contribution is 2.15. The maximum Gasteiger partial charge on any atom is 0.211 e. The van der Waals surface area contributed by atoms with Gasteiger partial charge in [0.25, 0.3) is 0 Å². The summed E-state index contributed by atoms with van der Waals surface area (Å²) in [5.74, 6) is 0. The smallest absolute Gasteiger partial charge is 0.211 e. The molecule has 0 saturated carbocycles. The molecule has 1 heteroatoms. The van der Waals surface area contributed by atoms with Crippen molar-refractivity contribution in [3.05, 3.63) is 48.6 Å². The van der Waals surface area contributed by atoms with Crippen LogP contribution < -0.4 is 0 Å². The maximum atomic E-state index is 6.85. The van der Waals surface area contributed by atoms with Crippen LogP contribution in [0.2, 0.25) is 0 Å². The molecular formula is C10H12O. The van der Waals surface area contributed by atoms with Crippen LogP contribution in [0.5, 0.6) is 0 Å². The lowest BCUT2D eigenvalue weighted by molar-refractivity contribution is 0.181. The standard InChI is InChI=1S/C10H12O/c1-2-6-10(11)9-7-4-3-5-8-9/h2-5,7-8,10-11H,1,6H2/i11D. The summed E-state index contributed by atoms with van der Waals surface area (Å²) in [6, 6.07) is 9.71. The molecule has 0 spiro atoms. The Hall–Kier alpha value is -1.08. The van der Waals surface area contributed by atoms with Crippen LogP contribution in [0, 0.1) is 0 Å². The number of aliphatic hydroxyl groups is 1. The van der Waals surface area contributed by atoms with Gasteiger partial charge in [0.05, 0.1) is 6.10 Å². The van der Waals surface area contributed by atoms with Gasteiger partial charge in [-0.1, -0.05) is 36.4 Å². The molecule has 1 nitrogen and oxygen atoms in total. The summed E-state index contributed by atoms with van der Waals surface area (Å²) < 4.78 is 6.85. The fraction of sp³-hybridized carbons (Fsp3) is 0.200. The Morgan fingerprint density at radius 3 is 2.82 bits per heavy atom.